The molecule has 1 N–H and O–H groups in total. The number of hydrogen-bond acceptors (Lipinski definition) is 2. The predicted molar refractivity (Wildman–Crippen MR) is 155 cm³/mol. The summed E-state index contributed by atoms with van der Waals surface area (Å²) in [7, 11) is 0. The van der Waals surface area contributed by atoms with E-state index in [-0.39, 0.29) is 0 Å². The van der Waals surface area contributed by atoms with Crippen LogP contribution >= 0.6 is 0 Å². The topological polar surface area (TPSA) is 46.5 Å². The maximum Gasteiger partial charge on any atom is 0.113 e. The average Bonchev–Trinajstić information content (AvgIpc) is 3.45. The van der Waals surface area contributed by atoms with E-state index in [0.717, 1.165) is 50.1 Å². The molecule has 7 rings (SSSR count). The van der Waals surface area contributed by atoms with E-state index in [4.69, 9.17) is 9.97 Å². The molecular formula is C33H24N4. The Morgan fingerprint density at radius 3 is 2.51 bits per heavy atom. The quantitative estimate of drug-likeness (QED) is 0.259. The third-order valence-electron chi connectivity index (χ3n) is 7.10. The standard InChI is InChI=1S/C33H24N4/c1-3-4-12-24-21(2)35-32-27(24)20-34-29-17-16-28(36-33(29)32)22-15-18-31-26(19-22)25-13-8-9-14-30(25)37(31)23-10-6-5-7-11-23/h3-20,35H,1H2,2H3/b12-4-. The van der Waals surface area contributed by atoms with Gasteiger partial charge in [0.25, 0.3) is 0 Å². The minimum Gasteiger partial charge on any atom is -0.356 e. The fourth-order valence-electron chi connectivity index (χ4n) is 5.38. The van der Waals surface area contributed by atoms with E-state index in [1.54, 1.807) is 6.08 Å². The summed E-state index contributed by atoms with van der Waals surface area (Å²) in [6.07, 6.45) is 7.73. The number of nitrogens with zero attached hydrogens (tertiary/aromatic N) is 3. The summed E-state index contributed by atoms with van der Waals surface area (Å²) in [5.41, 5.74) is 10.5. The van der Waals surface area contributed by atoms with E-state index in [9.17, 15) is 0 Å². The van der Waals surface area contributed by atoms with E-state index in [0.29, 0.717) is 0 Å². The molecule has 7 aromatic rings. The molecule has 0 amide bonds. The van der Waals surface area contributed by atoms with E-state index in [1.807, 2.05) is 12.3 Å². The molecule has 0 aliphatic carbocycles. The number of benzene rings is 3. The summed E-state index contributed by atoms with van der Waals surface area (Å²) in [5, 5.41) is 3.50. The number of hydrogen-bond donors (Lipinski definition) is 1. The SMILES string of the molecule is C=C/C=C\c1c(C)[nH]c2c1cnc1ccc(-c3ccc4c(c3)c3ccccc3n4-c3ccccc3)nc12. The van der Waals surface area contributed by atoms with Crippen LogP contribution in [0.15, 0.2) is 110 Å². The molecule has 4 aromatic heterocycles. The fraction of sp³-hybridized carbons (Fsp3) is 0.0303. The Morgan fingerprint density at radius 1 is 0.838 bits per heavy atom. The molecule has 0 radical (unpaired) electrons. The number of rotatable bonds is 4. The van der Waals surface area contributed by atoms with Gasteiger partial charge in [0.2, 0.25) is 0 Å². The van der Waals surface area contributed by atoms with Crippen LogP contribution in [-0.2, 0) is 0 Å². The van der Waals surface area contributed by atoms with Crippen molar-refractivity contribution in [2.45, 2.75) is 6.92 Å². The van der Waals surface area contributed by atoms with Crippen molar-refractivity contribution in [2.75, 3.05) is 0 Å². The van der Waals surface area contributed by atoms with E-state index < -0.39 is 0 Å². The maximum absolute atomic E-state index is 5.12. The number of fused-ring (bicyclic) bond motifs is 6. The number of allylic oxidation sites excluding steroid dienone is 2. The molecule has 37 heavy (non-hydrogen) atoms. The maximum atomic E-state index is 5.12. The Morgan fingerprint density at radius 2 is 1.65 bits per heavy atom. The summed E-state index contributed by atoms with van der Waals surface area (Å²) >= 11 is 0. The predicted octanol–water partition coefficient (Wildman–Crippen LogP) is 8.38. The third kappa shape index (κ3) is 3.30. The highest BCUT2D eigenvalue weighted by molar-refractivity contribution is 6.11. The fourth-order valence-corrected chi connectivity index (χ4v) is 5.38. The van der Waals surface area contributed by atoms with Crippen LogP contribution in [0.1, 0.15) is 11.3 Å². The summed E-state index contributed by atoms with van der Waals surface area (Å²) in [6.45, 7) is 5.88. The zero-order chi connectivity index (χ0) is 24.9. The highest BCUT2D eigenvalue weighted by Gasteiger charge is 2.15. The first-order chi connectivity index (χ1) is 18.2. The molecule has 0 bridgehead atoms. The van der Waals surface area contributed by atoms with Gasteiger partial charge in [0.05, 0.1) is 27.8 Å². The van der Waals surface area contributed by atoms with Crippen molar-refractivity contribution < 1.29 is 0 Å². The lowest BCUT2D eigenvalue weighted by Crippen LogP contribution is -1.93. The van der Waals surface area contributed by atoms with Gasteiger partial charge in [-0.05, 0) is 49.4 Å². The largest absolute Gasteiger partial charge is 0.356 e. The molecule has 4 nitrogen and oxygen atoms in total. The third-order valence-corrected chi connectivity index (χ3v) is 7.10. The molecule has 0 aliphatic heterocycles. The molecule has 4 heterocycles. The van der Waals surface area contributed by atoms with Crippen molar-refractivity contribution in [3.05, 3.63) is 121 Å². The Bertz CT molecular complexity index is 2010. The summed E-state index contributed by atoms with van der Waals surface area (Å²) < 4.78 is 2.33. The Balaban J connectivity index is 1.45. The monoisotopic (exact) mass is 476 g/mol. The molecule has 0 unspecified atom stereocenters. The first-order valence-corrected chi connectivity index (χ1v) is 12.4. The van der Waals surface area contributed by atoms with Gasteiger partial charge in [-0.15, -0.1) is 0 Å². The lowest BCUT2D eigenvalue weighted by molar-refractivity contribution is 1.18. The van der Waals surface area contributed by atoms with Crippen LogP contribution in [-0.4, -0.2) is 19.5 Å². The summed E-state index contributed by atoms with van der Waals surface area (Å²) in [5.74, 6) is 0. The van der Waals surface area contributed by atoms with Crippen LogP contribution in [0.3, 0.4) is 0 Å². The van der Waals surface area contributed by atoms with Crippen LogP contribution in [0.2, 0.25) is 0 Å². The number of aromatic nitrogens is 4. The molecule has 0 fully saturated rings. The molecule has 0 saturated heterocycles. The van der Waals surface area contributed by atoms with Crippen molar-refractivity contribution in [1.82, 2.24) is 19.5 Å². The minimum absolute atomic E-state index is 0.874. The molecule has 0 aliphatic rings. The van der Waals surface area contributed by atoms with E-state index in [1.165, 1.54) is 21.8 Å². The number of pyridine rings is 2. The summed E-state index contributed by atoms with van der Waals surface area (Å²) in [4.78, 5) is 13.4. The molecule has 0 spiro atoms. The number of nitrogens with one attached hydrogen (secondary N) is 1. The highest BCUT2D eigenvalue weighted by atomic mass is 15.0. The smallest absolute Gasteiger partial charge is 0.113 e. The normalized spacial score (nSPS) is 11.9. The van der Waals surface area contributed by atoms with Crippen molar-refractivity contribution in [3.8, 4) is 16.9 Å². The minimum atomic E-state index is 0.874. The zero-order valence-corrected chi connectivity index (χ0v) is 20.4. The zero-order valence-electron chi connectivity index (χ0n) is 20.4. The van der Waals surface area contributed by atoms with Gasteiger partial charge in [-0.2, -0.15) is 0 Å². The van der Waals surface area contributed by atoms with E-state index >= 15 is 0 Å². The van der Waals surface area contributed by atoms with Crippen LogP contribution in [0, 0.1) is 6.92 Å². The van der Waals surface area contributed by atoms with Crippen molar-refractivity contribution in [3.63, 3.8) is 0 Å². The van der Waals surface area contributed by atoms with Crippen LogP contribution < -0.4 is 0 Å². The Labute approximate surface area is 214 Å². The van der Waals surface area contributed by atoms with Gasteiger partial charge in [0, 0.05) is 44.9 Å². The summed E-state index contributed by atoms with van der Waals surface area (Å²) in [6, 6.07) is 29.9. The van der Waals surface area contributed by atoms with Crippen LogP contribution in [0.5, 0.6) is 0 Å². The molecule has 0 atom stereocenters. The van der Waals surface area contributed by atoms with Gasteiger partial charge in [-0.3, -0.25) is 4.98 Å². The molecule has 0 saturated carbocycles. The van der Waals surface area contributed by atoms with Crippen molar-refractivity contribution in [2.24, 2.45) is 0 Å². The molecule has 176 valence electrons. The van der Waals surface area contributed by atoms with Gasteiger partial charge in [-0.1, -0.05) is 67.3 Å². The number of H-pyrrole nitrogens is 1. The van der Waals surface area contributed by atoms with Crippen LogP contribution in [0.25, 0.3) is 66.8 Å². The van der Waals surface area contributed by atoms with Gasteiger partial charge in [-0.25, -0.2) is 4.98 Å². The highest BCUT2D eigenvalue weighted by Crippen LogP contribution is 2.35. The second kappa shape index (κ2) is 8.32. The number of aromatic amines is 1. The van der Waals surface area contributed by atoms with E-state index in [2.05, 4.69) is 114 Å². The first kappa shape index (κ1) is 21.3. The van der Waals surface area contributed by atoms with Crippen LogP contribution in [0.4, 0.5) is 0 Å². The van der Waals surface area contributed by atoms with Gasteiger partial charge in [0.1, 0.15) is 5.52 Å². The molecular weight excluding hydrogens is 452 g/mol. The lowest BCUT2D eigenvalue weighted by Gasteiger charge is -2.08. The molecule has 4 heteroatoms. The molecule has 3 aromatic carbocycles. The average molecular weight is 477 g/mol. The number of para-hydroxylation sites is 2. The van der Waals surface area contributed by atoms with Crippen molar-refractivity contribution in [1.29, 1.82) is 0 Å². The lowest BCUT2D eigenvalue weighted by atomic mass is 10.1. The van der Waals surface area contributed by atoms with Gasteiger partial charge in [0.15, 0.2) is 0 Å². The van der Waals surface area contributed by atoms with Crippen molar-refractivity contribution >= 4 is 49.8 Å². The Hall–Kier alpha value is -4.96. The van der Waals surface area contributed by atoms with Gasteiger partial charge >= 0.3 is 0 Å². The Kier molecular flexibility index (Phi) is 4.79. The second-order valence-corrected chi connectivity index (χ2v) is 9.29. The first-order valence-electron chi connectivity index (χ1n) is 12.4. The second-order valence-electron chi connectivity index (χ2n) is 9.29. The van der Waals surface area contributed by atoms with Gasteiger partial charge < -0.3 is 9.55 Å². The number of aryl methyl sites for hydroxylation is 1.